The Hall–Kier alpha value is -2.37. The molecule has 6 heteroatoms. The Bertz CT molecular complexity index is 808. The zero-order chi connectivity index (χ0) is 18.5. The lowest BCUT2D eigenvalue weighted by molar-refractivity contribution is -0.139. The molecule has 0 aliphatic carbocycles. The van der Waals surface area contributed by atoms with Crippen LogP contribution in [0.25, 0.3) is 0 Å². The van der Waals surface area contributed by atoms with Crippen LogP contribution in [0.5, 0.6) is 0 Å². The van der Waals surface area contributed by atoms with Crippen molar-refractivity contribution in [2.45, 2.75) is 18.9 Å². The molecule has 1 amide bonds. The van der Waals surface area contributed by atoms with Crippen molar-refractivity contribution in [1.29, 1.82) is 0 Å². The van der Waals surface area contributed by atoms with E-state index in [1.54, 1.807) is 35.2 Å². The maximum atomic E-state index is 12.6. The number of amides is 1. The van der Waals surface area contributed by atoms with Crippen LogP contribution >= 0.6 is 11.6 Å². The Balaban J connectivity index is 1.62. The van der Waals surface area contributed by atoms with Gasteiger partial charge in [-0.05, 0) is 35.7 Å². The summed E-state index contributed by atoms with van der Waals surface area (Å²) in [5, 5.41) is 9.88. The number of benzene rings is 2. The molecule has 1 saturated heterocycles. The van der Waals surface area contributed by atoms with Gasteiger partial charge in [-0.3, -0.25) is 4.79 Å². The normalized spacial score (nSPS) is 17.1. The summed E-state index contributed by atoms with van der Waals surface area (Å²) in [6.45, 7) is 1.48. The van der Waals surface area contributed by atoms with Crippen molar-refractivity contribution < 1.29 is 19.4 Å². The molecule has 0 aromatic heterocycles. The van der Waals surface area contributed by atoms with E-state index in [1.807, 2.05) is 18.2 Å². The highest BCUT2D eigenvalue weighted by molar-refractivity contribution is 6.30. The molecule has 2 aromatic carbocycles. The molecule has 1 atom stereocenters. The first kappa shape index (κ1) is 18.4. The number of carboxylic acids is 1. The number of carbonyl (C=O) groups is 2. The highest BCUT2D eigenvalue weighted by Gasteiger charge is 2.25. The standard InChI is InChI=1S/C20H20ClNO4/c21-16-6-3-5-15(12-16)18-13-22(10-11-26-18)19(23)9-8-14-4-1-2-7-17(14)20(24)25/h1-7,12,18H,8-11,13H2,(H,24,25). The molecule has 1 aliphatic rings. The first-order valence-electron chi connectivity index (χ1n) is 8.50. The van der Waals surface area contributed by atoms with Gasteiger partial charge in [0, 0.05) is 18.0 Å². The summed E-state index contributed by atoms with van der Waals surface area (Å²) in [6, 6.07) is 14.2. The molecule has 136 valence electrons. The van der Waals surface area contributed by atoms with Crippen LogP contribution in [0.2, 0.25) is 5.02 Å². The number of ether oxygens (including phenoxy) is 1. The predicted molar refractivity (Wildman–Crippen MR) is 98.4 cm³/mol. The van der Waals surface area contributed by atoms with Crippen molar-refractivity contribution in [2.24, 2.45) is 0 Å². The van der Waals surface area contributed by atoms with Gasteiger partial charge < -0.3 is 14.7 Å². The summed E-state index contributed by atoms with van der Waals surface area (Å²) in [6.07, 6.45) is 0.477. The minimum atomic E-state index is -0.972. The van der Waals surface area contributed by atoms with E-state index in [9.17, 15) is 14.7 Å². The highest BCUT2D eigenvalue weighted by Crippen LogP contribution is 2.25. The van der Waals surface area contributed by atoms with E-state index in [2.05, 4.69) is 0 Å². The average Bonchev–Trinajstić information content (AvgIpc) is 2.66. The molecule has 1 aliphatic heterocycles. The summed E-state index contributed by atoms with van der Waals surface area (Å²) in [5.41, 5.74) is 1.87. The van der Waals surface area contributed by atoms with Crippen molar-refractivity contribution in [2.75, 3.05) is 19.7 Å². The molecule has 1 unspecified atom stereocenters. The number of carboxylic acid groups (broad SMARTS) is 1. The van der Waals surface area contributed by atoms with Gasteiger partial charge in [0.1, 0.15) is 6.10 Å². The van der Waals surface area contributed by atoms with Gasteiger partial charge in [-0.15, -0.1) is 0 Å². The van der Waals surface area contributed by atoms with Crippen LogP contribution in [-0.2, 0) is 16.0 Å². The molecule has 1 heterocycles. The minimum absolute atomic E-state index is 0.000481. The Kier molecular flexibility index (Phi) is 5.91. The van der Waals surface area contributed by atoms with E-state index >= 15 is 0 Å². The van der Waals surface area contributed by atoms with Gasteiger partial charge in [0.15, 0.2) is 0 Å². The van der Waals surface area contributed by atoms with Crippen molar-refractivity contribution >= 4 is 23.5 Å². The van der Waals surface area contributed by atoms with Crippen molar-refractivity contribution in [1.82, 2.24) is 4.90 Å². The quantitative estimate of drug-likeness (QED) is 0.870. The molecule has 3 rings (SSSR count). The zero-order valence-corrected chi connectivity index (χ0v) is 15.0. The number of hydrogen-bond donors (Lipinski definition) is 1. The lowest BCUT2D eigenvalue weighted by Gasteiger charge is -2.33. The second-order valence-corrected chi connectivity index (χ2v) is 6.65. The van der Waals surface area contributed by atoms with E-state index in [0.29, 0.717) is 36.7 Å². The fraction of sp³-hybridized carbons (Fsp3) is 0.300. The third kappa shape index (κ3) is 4.42. The molecule has 1 fully saturated rings. The first-order valence-corrected chi connectivity index (χ1v) is 8.88. The van der Waals surface area contributed by atoms with Crippen LogP contribution < -0.4 is 0 Å². The smallest absolute Gasteiger partial charge is 0.335 e. The topological polar surface area (TPSA) is 66.8 Å². The monoisotopic (exact) mass is 373 g/mol. The lowest BCUT2D eigenvalue weighted by Crippen LogP contribution is -2.42. The summed E-state index contributed by atoms with van der Waals surface area (Å²) in [5.74, 6) is -0.971. The number of aromatic carboxylic acids is 1. The van der Waals surface area contributed by atoms with E-state index < -0.39 is 5.97 Å². The van der Waals surface area contributed by atoms with Crippen LogP contribution in [0.4, 0.5) is 0 Å². The summed E-state index contributed by atoms with van der Waals surface area (Å²) in [4.78, 5) is 25.6. The highest BCUT2D eigenvalue weighted by atomic mass is 35.5. The molecule has 2 aromatic rings. The van der Waals surface area contributed by atoms with Crippen LogP contribution in [0.15, 0.2) is 48.5 Å². The number of morpholine rings is 1. The van der Waals surface area contributed by atoms with E-state index in [0.717, 1.165) is 5.56 Å². The lowest BCUT2D eigenvalue weighted by atomic mass is 10.0. The van der Waals surface area contributed by atoms with Gasteiger partial charge in [0.05, 0.1) is 18.7 Å². The summed E-state index contributed by atoms with van der Waals surface area (Å²) >= 11 is 6.04. The molecule has 0 spiro atoms. The van der Waals surface area contributed by atoms with Gasteiger partial charge in [-0.25, -0.2) is 4.79 Å². The summed E-state index contributed by atoms with van der Waals surface area (Å²) < 4.78 is 5.78. The van der Waals surface area contributed by atoms with Gasteiger partial charge in [0.25, 0.3) is 0 Å². The number of carbonyl (C=O) groups excluding carboxylic acids is 1. The average molecular weight is 374 g/mol. The third-order valence-electron chi connectivity index (χ3n) is 4.50. The van der Waals surface area contributed by atoms with Crippen LogP contribution in [0, 0.1) is 0 Å². The second kappa shape index (κ2) is 8.34. The molecule has 26 heavy (non-hydrogen) atoms. The Morgan fingerprint density at radius 2 is 2.00 bits per heavy atom. The molecule has 0 saturated carbocycles. The molecule has 0 radical (unpaired) electrons. The van der Waals surface area contributed by atoms with E-state index in [4.69, 9.17) is 16.3 Å². The Morgan fingerprint density at radius 1 is 1.19 bits per heavy atom. The van der Waals surface area contributed by atoms with Crippen LogP contribution in [-0.4, -0.2) is 41.6 Å². The Labute approximate surface area is 157 Å². The number of hydrogen-bond acceptors (Lipinski definition) is 3. The van der Waals surface area contributed by atoms with Gasteiger partial charge >= 0.3 is 5.97 Å². The van der Waals surface area contributed by atoms with Gasteiger partial charge in [-0.2, -0.15) is 0 Å². The second-order valence-electron chi connectivity index (χ2n) is 6.22. The minimum Gasteiger partial charge on any atom is -0.478 e. The maximum absolute atomic E-state index is 12.6. The predicted octanol–water partition coefficient (Wildman–Crippen LogP) is 3.57. The number of aryl methyl sites for hydroxylation is 1. The SMILES string of the molecule is O=C(O)c1ccccc1CCC(=O)N1CCOC(c2cccc(Cl)c2)C1. The number of halogens is 1. The van der Waals surface area contributed by atoms with Crippen molar-refractivity contribution in [3.63, 3.8) is 0 Å². The summed E-state index contributed by atoms with van der Waals surface area (Å²) in [7, 11) is 0. The molecule has 1 N–H and O–H groups in total. The van der Waals surface area contributed by atoms with Gasteiger partial charge in [-0.1, -0.05) is 41.9 Å². The largest absolute Gasteiger partial charge is 0.478 e. The molecular weight excluding hydrogens is 354 g/mol. The first-order chi connectivity index (χ1) is 12.5. The third-order valence-corrected chi connectivity index (χ3v) is 4.73. The fourth-order valence-corrected chi connectivity index (χ4v) is 3.33. The Morgan fingerprint density at radius 3 is 2.77 bits per heavy atom. The number of rotatable bonds is 5. The van der Waals surface area contributed by atoms with Gasteiger partial charge in [0.2, 0.25) is 5.91 Å². The van der Waals surface area contributed by atoms with Crippen molar-refractivity contribution in [3.05, 3.63) is 70.2 Å². The van der Waals surface area contributed by atoms with E-state index in [1.165, 1.54) is 0 Å². The molecule has 0 bridgehead atoms. The van der Waals surface area contributed by atoms with Crippen LogP contribution in [0.1, 0.15) is 34.0 Å². The molecule has 5 nitrogen and oxygen atoms in total. The zero-order valence-electron chi connectivity index (χ0n) is 14.2. The van der Waals surface area contributed by atoms with Crippen LogP contribution in [0.3, 0.4) is 0 Å². The maximum Gasteiger partial charge on any atom is 0.335 e. The molecular formula is C20H20ClNO4. The van der Waals surface area contributed by atoms with Crippen molar-refractivity contribution in [3.8, 4) is 0 Å². The number of nitrogens with zero attached hydrogens (tertiary/aromatic N) is 1. The van der Waals surface area contributed by atoms with E-state index in [-0.39, 0.29) is 24.0 Å². The fourth-order valence-electron chi connectivity index (χ4n) is 3.13.